The van der Waals surface area contributed by atoms with Crippen LogP contribution >= 0.6 is 0 Å². The van der Waals surface area contributed by atoms with Gasteiger partial charge < -0.3 is 24.0 Å². The summed E-state index contributed by atoms with van der Waals surface area (Å²) in [5.74, 6) is 0.851. The monoisotopic (exact) mass is 955 g/mol. The van der Waals surface area contributed by atoms with Gasteiger partial charge in [0.15, 0.2) is 0 Å². The van der Waals surface area contributed by atoms with E-state index in [4.69, 9.17) is 14.2 Å². The number of carbonyl (C=O) groups excluding carboxylic acids is 3. The van der Waals surface area contributed by atoms with Crippen LogP contribution in [-0.2, 0) is 35.2 Å². The molecule has 8 nitrogen and oxygen atoms in total. The molecular formula is C60H110N2O6. The van der Waals surface area contributed by atoms with E-state index >= 15 is 0 Å². The number of unbranched alkanes of at least 4 members (excludes halogenated alkanes) is 22. The number of rotatable bonds is 51. The van der Waals surface area contributed by atoms with Crippen LogP contribution in [0.1, 0.15) is 264 Å². The van der Waals surface area contributed by atoms with Gasteiger partial charge in [-0.3, -0.25) is 14.4 Å². The number of ether oxygens (including phenoxy) is 3. The number of nitrogens with zero attached hydrogens (tertiary/aromatic N) is 2. The Bertz CT molecular complexity index is 1200. The molecule has 0 fully saturated rings. The largest absolute Gasteiger partial charge is 0.465 e. The number of carbonyl (C=O) groups is 3. The number of benzene rings is 1. The molecule has 2 atom stereocenters. The molecule has 1 aromatic rings. The van der Waals surface area contributed by atoms with E-state index in [9.17, 15) is 14.4 Å². The number of likely N-dealkylation sites (N-methyl/N-ethyl adjacent to an activating group) is 1. The van der Waals surface area contributed by atoms with Crippen LogP contribution in [0.5, 0.6) is 0 Å². The van der Waals surface area contributed by atoms with Gasteiger partial charge in [0.2, 0.25) is 0 Å². The fourth-order valence-corrected chi connectivity index (χ4v) is 9.29. The quantitative estimate of drug-likeness (QED) is 0.0363. The van der Waals surface area contributed by atoms with Crippen molar-refractivity contribution in [3.63, 3.8) is 0 Å². The Morgan fingerprint density at radius 1 is 0.397 bits per heavy atom. The van der Waals surface area contributed by atoms with E-state index in [0.29, 0.717) is 50.9 Å². The van der Waals surface area contributed by atoms with Gasteiger partial charge in [0.05, 0.1) is 13.2 Å². The zero-order chi connectivity index (χ0) is 49.4. The highest BCUT2D eigenvalue weighted by molar-refractivity contribution is 5.70. The second-order valence-corrected chi connectivity index (χ2v) is 20.6. The molecule has 0 radical (unpaired) electrons. The standard InChI is InChI=1S/C60H110N2O6/c1-6-10-14-18-20-28-40-55(38-26-16-12-8-3)52-66-59(64)45-33-24-36-48-62(51-50-61(5)47-35-23-32-44-58(63)68-54-57-42-30-22-31-43-57)49-37-25-34-46-60(65)67-53-56(39-27-17-13-9-4)41-29-21-19-15-11-7-2/h22,30-31,42-43,55-56H,6-21,23-29,32-41,44-54H2,1-5H3. The maximum atomic E-state index is 12.9. The van der Waals surface area contributed by atoms with Crippen molar-refractivity contribution in [3.05, 3.63) is 35.9 Å². The molecule has 0 heterocycles. The Morgan fingerprint density at radius 2 is 0.750 bits per heavy atom. The predicted octanol–water partition coefficient (Wildman–Crippen LogP) is 16.4. The first-order valence-corrected chi connectivity index (χ1v) is 29.2. The van der Waals surface area contributed by atoms with E-state index in [-0.39, 0.29) is 17.9 Å². The first kappa shape index (κ1) is 63.6. The second-order valence-electron chi connectivity index (χ2n) is 20.6. The van der Waals surface area contributed by atoms with Crippen LogP contribution in [-0.4, -0.2) is 80.7 Å². The van der Waals surface area contributed by atoms with E-state index in [1.54, 1.807) is 0 Å². The Balaban J connectivity index is 2.55. The van der Waals surface area contributed by atoms with E-state index in [1.165, 1.54) is 154 Å². The van der Waals surface area contributed by atoms with Crippen LogP contribution < -0.4 is 0 Å². The Morgan fingerprint density at radius 3 is 1.18 bits per heavy atom. The average molecular weight is 956 g/mol. The van der Waals surface area contributed by atoms with Gasteiger partial charge in [-0.1, -0.05) is 206 Å². The van der Waals surface area contributed by atoms with Crippen LogP contribution in [0, 0.1) is 11.8 Å². The van der Waals surface area contributed by atoms with Gasteiger partial charge in [-0.15, -0.1) is 0 Å². The number of esters is 3. The summed E-state index contributed by atoms with van der Waals surface area (Å²) in [4.78, 5) is 43.0. The lowest BCUT2D eigenvalue weighted by molar-refractivity contribution is -0.146. The Labute approximate surface area is 420 Å². The Kier molecular flexibility index (Phi) is 45.0. The van der Waals surface area contributed by atoms with Crippen molar-refractivity contribution in [2.75, 3.05) is 53.0 Å². The van der Waals surface area contributed by atoms with Gasteiger partial charge >= 0.3 is 17.9 Å². The third kappa shape index (κ3) is 41.3. The van der Waals surface area contributed by atoms with E-state index in [1.807, 2.05) is 30.3 Å². The number of hydrogen-bond donors (Lipinski definition) is 0. The lowest BCUT2D eigenvalue weighted by atomic mass is 9.95. The summed E-state index contributed by atoms with van der Waals surface area (Å²) in [5, 5.41) is 0. The summed E-state index contributed by atoms with van der Waals surface area (Å²) in [5.41, 5.74) is 1.02. The summed E-state index contributed by atoms with van der Waals surface area (Å²) < 4.78 is 17.3. The second kappa shape index (κ2) is 48.2. The molecule has 396 valence electrons. The molecule has 1 aromatic carbocycles. The highest BCUT2D eigenvalue weighted by atomic mass is 16.5. The lowest BCUT2D eigenvalue weighted by Gasteiger charge is -2.25. The normalized spacial score (nSPS) is 12.5. The van der Waals surface area contributed by atoms with Gasteiger partial charge in [-0.25, -0.2) is 0 Å². The maximum absolute atomic E-state index is 12.9. The molecule has 0 saturated carbocycles. The molecule has 0 amide bonds. The molecular weight excluding hydrogens is 845 g/mol. The van der Waals surface area contributed by atoms with Crippen molar-refractivity contribution in [2.45, 2.75) is 265 Å². The molecule has 0 N–H and O–H groups in total. The first-order chi connectivity index (χ1) is 33.3. The maximum Gasteiger partial charge on any atom is 0.306 e. The molecule has 0 aliphatic carbocycles. The highest BCUT2D eigenvalue weighted by Gasteiger charge is 2.15. The molecule has 0 aliphatic rings. The van der Waals surface area contributed by atoms with Crippen molar-refractivity contribution < 1.29 is 28.6 Å². The molecule has 0 saturated heterocycles. The predicted molar refractivity (Wildman–Crippen MR) is 288 cm³/mol. The molecule has 0 spiro atoms. The van der Waals surface area contributed by atoms with Crippen LogP contribution in [0.4, 0.5) is 0 Å². The molecule has 2 unspecified atom stereocenters. The fourth-order valence-electron chi connectivity index (χ4n) is 9.29. The van der Waals surface area contributed by atoms with Gasteiger partial charge in [0.25, 0.3) is 0 Å². The summed E-state index contributed by atoms with van der Waals surface area (Å²) in [6.45, 7) is 15.7. The van der Waals surface area contributed by atoms with Crippen molar-refractivity contribution >= 4 is 17.9 Å². The summed E-state index contributed by atoms with van der Waals surface area (Å²) in [6, 6.07) is 9.86. The van der Waals surface area contributed by atoms with Crippen LogP contribution in [0.2, 0.25) is 0 Å². The van der Waals surface area contributed by atoms with Crippen LogP contribution in [0.15, 0.2) is 30.3 Å². The number of hydrogen-bond acceptors (Lipinski definition) is 8. The van der Waals surface area contributed by atoms with Gasteiger partial charge in [-0.05, 0) is 108 Å². The van der Waals surface area contributed by atoms with Crippen molar-refractivity contribution in [2.24, 2.45) is 11.8 Å². The zero-order valence-electron chi connectivity index (χ0n) is 45.5. The minimum Gasteiger partial charge on any atom is -0.465 e. The Hall–Kier alpha value is -2.45. The third-order valence-electron chi connectivity index (χ3n) is 14.0. The summed E-state index contributed by atoms with van der Waals surface area (Å²) in [6.07, 6.45) is 41.0. The van der Waals surface area contributed by atoms with Crippen molar-refractivity contribution in [3.8, 4) is 0 Å². The van der Waals surface area contributed by atoms with Crippen molar-refractivity contribution in [1.82, 2.24) is 9.80 Å². The lowest BCUT2D eigenvalue weighted by Crippen LogP contribution is -2.35. The molecule has 0 aliphatic heterocycles. The molecule has 0 aromatic heterocycles. The summed E-state index contributed by atoms with van der Waals surface area (Å²) >= 11 is 0. The summed E-state index contributed by atoms with van der Waals surface area (Å²) in [7, 11) is 2.20. The SMILES string of the molecule is CCCCCCCCC(CCCCCC)COC(=O)CCCCCN(CCCCCC(=O)OCC(CCCCCC)CCCCCCCC)CCN(C)CCCCCC(=O)OCc1ccccc1. The van der Waals surface area contributed by atoms with Crippen molar-refractivity contribution in [1.29, 1.82) is 0 Å². The van der Waals surface area contributed by atoms with E-state index < -0.39 is 0 Å². The smallest absolute Gasteiger partial charge is 0.306 e. The topological polar surface area (TPSA) is 85.4 Å². The minimum absolute atomic E-state index is 0.0205. The zero-order valence-corrected chi connectivity index (χ0v) is 45.5. The van der Waals surface area contributed by atoms with Gasteiger partial charge in [0.1, 0.15) is 6.61 Å². The van der Waals surface area contributed by atoms with Gasteiger partial charge in [0, 0.05) is 32.4 Å². The van der Waals surface area contributed by atoms with E-state index in [0.717, 1.165) is 96.1 Å². The molecule has 1 rings (SSSR count). The highest BCUT2D eigenvalue weighted by Crippen LogP contribution is 2.22. The molecule has 68 heavy (non-hydrogen) atoms. The van der Waals surface area contributed by atoms with Crippen LogP contribution in [0.3, 0.4) is 0 Å². The van der Waals surface area contributed by atoms with Gasteiger partial charge in [-0.2, -0.15) is 0 Å². The fraction of sp³-hybridized carbons (Fsp3) is 0.850. The minimum atomic E-state index is -0.118. The first-order valence-electron chi connectivity index (χ1n) is 29.2. The third-order valence-corrected chi connectivity index (χ3v) is 14.0. The van der Waals surface area contributed by atoms with E-state index in [2.05, 4.69) is 44.5 Å². The molecule has 8 heteroatoms. The van der Waals surface area contributed by atoms with Crippen LogP contribution in [0.25, 0.3) is 0 Å². The molecule has 0 bridgehead atoms. The average Bonchev–Trinajstić information content (AvgIpc) is 3.34.